The maximum absolute atomic E-state index is 12.1. The molecule has 0 radical (unpaired) electrons. The molecule has 1 N–H and O–H groups in total. The first kappa shape index (κ1) is 17.5. The van der Waals surface area contributed by atoms with Crippen LogP contribution < -0.4 is 5.43 Å². The van der Waals surface area contributed by atoms with Crippen molar-refractivity contribution in [1.29, 1.82) is 0 Å². The van der Waals surface area contributed by atoms with Gasteiger partial charge in [-0.05, 0) is 46.6 Å². The van der Waals surface area contributed by atoms with Gasteiger partial charge in [-0.1, -0.05) is 12.1 Å². The molecule has 1 aromatic carbocycles. The standard InChI is InChI=1S/C17H15N5O3S/c1-12-7-9-26-15(12)10-18-19-17(23)14-4-2-13(3-5-14)11-21-8-6-16(20-21)22(24)25/h2-10H,11H2,1H3,(H,19,23). The van der Waals surface area contributed by atoms with Crippen molar-refractivity contribution in [1.82, 2.24) is 15.2 Å². The fraction of sp³-hybridized carbons (Fsp3) is 0.118. The number of hydrazone groups is 1. The summed E-state index contributed by atoms with van der Waals surface area (Å²) in [6.45, 7) is 2.36. The molecule has 2 heterocycles. The van der Waals surface area contributed by atoms with Crippen LogP contribution in [0.4, 0.5) is 5.82 Å². The highest BCUT2D eigenvalue weighted by molar-refractivity contribution is 7.11. The van der Waals surface area contributed by atoms with Crippen molar-refractivity contribution in [2.24, 2.45) is 5.10 Å². The molecule has 8 nitrogen and oxygen atoms in total. The van der Waals surface area contributed by atoms with E-state index < -0.39 is 4.92 Å². The molecule has 1 amide bonds. The quantitative estimate of drug-likeness (QED) is 0.410. The van der Waals surface area contributed by atoms with E-state index in [0.717, 1.165) is 16.0 Å². The maximum atomic E-state index is 12.1. The lowest BCUT2D eigenvalue weighted by Gasteiger charge is -2.02. The lowest BCUT2D eigenvalue weighted by Crippen LogP contribution is -2.17. The van der Waals surface area contributed by atoms with E-state index in [4.69, 9.17) is 0 Å². The first-order valence-corrected chi connectivity index (χ1v) is 8.55. The summed E-state index contributed by atoms with van der Waals surface area (Å²) in [6.07, 6.45) is 3.16. The molecular weight excluding hydrogens is 354 g/mol. The molecule has 0 aliphatic rings. The fourth-order valence-corrected chi connectivity index (χ4v) is 3.00. The van der Waals surface area contributed by atoms with Gasteiger partial charge in [0.1, 0.15) is 0 Å². The van der Waals surface area contributed by atoms with Crippen LogP contribution in [0, 0.1) is 17.0 Å². The number of carbonyl (C=O) groups is 1. The molecule has 26 heavy (non-hydrogen) atoms. The summed E-state index contributed by atoms with van der Waals surface area (Å²) >= 11 is 1.55. The van der Waals surface area contributed by atoms with Gasteiger partial charge in [-0.3, -0.25) is 4.79 Å². The van der Waals surface area contributed by atoms with Crippen LogP contribution in [0.3, 0.4) is 0 Å². The third-order valence-corrected chi connectivity index (χ3v) is 4.58. The Morgan fingerprint density at radius 3 is 2.73 bits per heavy atom. The second kappa shape index (κ2) is 7.70. The summed E-state index contributed by atoms with van der Waals surface area (Å²) < 4.78 is 1.47. The van der Waals surface area contributed by atoms with Gasteiger partial charge in [0, 0.05) is 10.4 Å². The molecule has 0 spiro atoms. The molecule has 2 aromatic heterocycles. The molecule has 0 saturated carbocycles. The van der Waals surface area contributed by atoms with Crippen LogP contribution >= 0.6 is 11.3 Å². The molecule has 3 rings (SSSR count). The highest BCUT2D eigenvalue weighted by atomic mass is 32.1. The zero-order valence-corrected chi connectivity index (χ0v) is 14.6. The van der Waals surface area contributed by atoms with Crippen LogP contribution in [-0.4, -0.2) is 26.8 Å². The van der Waals surface area contributed by atoms with Crippen LogP contribution in [0.25, 0.3) is 0 Å². The SMILES string of the molecule is Cc1ccsc1C=NNC(=O)c1ccc(Cn2ccc([N+](=O)[O-])n2)cc1. The van der Waals surface area contributed by atoms with Gasteiger partial charge in [-0.2, -0.15) is 9.78 Å². The first-order chi connectivity index (χ1) is 12.5. The van der Waals surface area contributed by atoms with Crippen molar-refractivity contribution >= 4 is 29.3 Å². The molecular formula is C17H15N5O3S. The van der Waals surface area contributed by atoms with Gasteiger partial charge in [-0.25, -0.2) is 5.43 Å². The van der Waals surface area contributed by atoms with Crippen molar-refractivity contribution in [2.45, 2.75) is 13.5 Å². The Bertz CT molecular complexity index is 959. The van der Waals surface area contributed by atoms with Gasteiger partial charge in [0.25, 0.3) is 5.91 Å². The minimum Gasteiger partial charge on any atom is -0.358 e. The third kappa shape index (κ3) is 4.19. The molecule has 9 heteroatoms. The predicted octanol–water partition coefficient (Wildman–Crippen LogP) is 2.97. The van der Waals surface area contributed by atoms with Gasteiger partial charge in [-0.15, -0.1) is 11.3 Å². The number of carbonyl (C=O) groups excluding carboxylic acids is 1. The normalized spacial score (nSPS) is 11.0. The summed E-state index contributed by atoms with van der Waals surface area (Å²) in [4.78, 5) is 23.2. The summed E-state index contributed by atoms with van der Waals surface area (Å²) in [5.41, 5.74) is 4.95. The Morgan fingerprint density at radius 2 is 2.12 bits per heavy atom. The zero-order valence-electron chi connectivity index (χ0n) is 13.8. The molecule has 0 atom stereocenters. The average molecular weight is 369 g/mol. The van der Waals surface area contributed by atoms with Gasteiger partial charge in [0.05, 0.1) is 30.1 Å². The van der Waals surface area contributed by atoms with Crippen molar-refractivity contribution in [3.63, 3.8) is 0 Å². The summed E-state index contributed by atoms with van der Waals surface area (Å²) in [6, 6.07) is 10.2. The monoisotopic (exact) mass is 369 g/mol. The van der Waals surface area contributed by atoms with E-state index in [0.29, 0.717) is 12.1 Å². The molecule has 0 unspecified atom stereocenters. The minimum absolute atomic E-state index is 0.195. The number of rotatable bonds is 6. The highest BCUT2D eigenvalue weighted by Gasteiger charge is 2.11. The van der Waals surface area contributed by atoms with Crippen molar-refractivity contribution in [3.05, 3.63) is 79.7 Å². The summed E-state index contributed by atoms with van der Waals surface area (Å²) in [5.74, 6) is -0.503. The van der Waals surface area contributed by atoms with Crippen molar-refractivity contribution < 1.29 is 9.72 Å². The Labute approximate surface area is 152 Å². The molecule has 132 valence electrons. The number of nitrogens with one attached hydrogen (secondary N) is 1. The van der Waals surface area contributed by atoms with Crippen LogP contribution in [0.1, 0.15) is 26.4 Å². The second-order valence-corrected chi connectivity index (χ2v) is 6.44. The number of aryl methyl sites for hydroxylation is 1. The Hall–Kier alpha value is -3.33. The smallest absolute Gasteiger partial charge is 0.358 e. The van der Waals surface area contributed by atoms with E-state index in [1.807, 2.05) is 18.4 Å². The van der Waals surface area contributed by atoms with Crippen LogP contribution in [0.5, 0.6) is 0 Å². The lowest BCUT2D eigenvalue weighted by molar-refractivity contribution is -0.389. The van der Waals surface area contributed by atoms with Gasteiger partial charge >= 0.3 is 5.82 Å². The number of hydrogen-bond donors (Lipinski definition) is 1. The third-order valence-electron chi connectivity index (χ3n) is 3.62. The fourth-order valence-electron chi connectivity index (χ4n) is 2.22. The predicted molar refractivity (Wildman–Crippen MR) is 98.5 cm³/mol. The number of nitrogens with zero attached hydrogens (tertiary/aromatic N) is 4. The zero-order chi connectivity index (χ0) is 18.5. The van der Waals surface area contributed by atoms with Crippen LogP contribution in [-0.2, 0) is 6.54 Å². The van der Waals surface area contributed by atoms with Gasteiger partial charge < -0.3 is 10.1 Å². The molecule has 3 aromatic rings. The second-order valence-electron chi connectivity index (χ2n) is 5.49. The van der Waals surface area contributed by atoms with E-state index in [9.17, 15) is 14.9 Å². The molecule has 0 aliphatic heterocycles. The topological polar surface area (TPSA) is 102 Å². The van der Waals surface area contributed by atoms with Crippen molar-refractivity contribution in [3.8, 4) is 0 Å². The number of aromatic nitrogens is 2. The largest absolute Gasteiger partial charge is 0.389 e. The number of nitro groups is 1. The number of hydrogen-bond acceptors (Lipinski definition) is 6. The van der Waals surface area contributed by atoms with Crippen LogP contribution in [0.15, 0.2) is 53.1 Å². The Morgan fingerprint density at radius 1 is 1.35 bits per heavy atom. The highest BCUT2D eigenvalue weighted by Crippen LogP contribution is 2.12. The number of thiophene rings is 1. The molecule has 0 aliphatic carbocycles. The van der Waals surface area contributed by atoms with E-state index in [1.54, 1.807) is 48.0 Å². The average Bonchev–Trinajstić information content (AvgIpc) is 3.25. The minimum atomic E-state index is -0.540. The van der Waals surface area contributed by atoms with Gasteiger partial charge in [0.15, 0.2) is 0 Å². The summed E-state index contributed by atoms with van der Waals surface area (Å²) in [5, 5.41) is 20.4. The summed E-state index contributed by atoms with van der Waals surface area (Å²) in [7, 11) is 0. The number of amides is 1. The molecule has 0 bridgehead atoms. The molecule has 0 fully saturated rings. The van der Waals surface area contributed by atoms with E-state index in [2.05, 4.69) is 15.6 Å². The molecule has 0 saturated heterocycles. The number of benzene rings is 1. The van der Waals surface area contributed by atoms with E-state index in [-0.39, 0.29) is 11.7 Å². The van der Waals surface area contributed by atoms with Crippen LogP contribution in [0.2, 0.25) is 0 Å². The van der Waals surface area contributed by atoms with E-state index in [1.165, 1.54) is 10.7 Å². The first-order valence-electron chi connectivity index (χ1n) is 7.67. The maximum Gasteiger partial charge on any atom is 0.389 e. The van der Waals surface area contributed by atoms with Gasteiger partial charge in [0.2, 0.25) is 0 Å². The lowest BCUT2D eigenvalue weighted by atomic mass is 10.1. The Kier molecular flexibility index (Phi) is 5.18. The van der Waals surface area contributed by atoms with E-state index >= 15 is 0 Å². The van der Waals surface area contributed by atoms with Crippen molar-refractivity contribution in [2.75, 3.05) is 0 Å². The Balaban J connectivity index is 1.59.